The molecule has 0 radical (unpaired) electrons. The lowest BCUT2D eigenvalue weighted by molar-refractivity contribution is 0.314. The van der Waals surface area contributed by atoms with E-state index in [0.29, 0.717) is 5.25 Å². The summed E-state index contributed by atoms with van der Waals surface area (Å²) in [6.45, 7) is 3.93. The van der Waals surface area contributed by atoms with Crippen LogP contribution in [0.3, 0.4) is 0 Å². The number of rotatable bonds is 5. The molecule has 0 saturated carbocycles. The van der Waals surface area contributed by atoms with Gasteiger partial charge in [-0.3, -0.25) is 5.41 Å². The van der Waals surface area contributed by atoms with Crippen LogP contribution in [0.4, 0.5) is 0 Å². The van der Waals surface area contributed by atoms with Gasteiger partial charge >= 0.3 is 0 Å². The average Bonchev–Trinajstić information content (AvgIpc) is 2.70. The van der Waals surface area contributed by atoms with Crippen LogP contribution in [0.5, 0.6) is 0 Å². The Balaban J connectivity index is 1.84. The lowest BCUT2D eigenvalue weighted by Crippen LogP contribution is -2.35. The van der Waals surface area contributed by atoms with Gasteiger partial charge in [0.25, 0.3) is 0 Å². The molecule has 0 aromatic heterocycles. The van der Waals surface area contributed by atoms with Crippen molar-refractivity contribution >= 4 is 17.6 Å². The number of amidine groups is 1. The standard InChI is InChI=1S/C14H21N3S/c1-10(14(15)16)8-17(2)9-12-7-11-5-3-4-6-13(11)18-12/h3-6,10,12H,7-9H2,1-2H3,(H3,15,16). The van der Waals surface area contributed by atoms with Gasteiger partial charge < -0.3 is 10.6 Å². The van der Waals surface area contributed by atoms with Gasteiger partial charge in [0.05, 0.1) is 5.84 Å². The first-order chi connectivity index (χ1) is 8.56. The van der Waals surface area contributed by atoms with E-state index in [0.717, 1.165) is 19.5 Å². The largest absolute Gasteiger partial charge is 0.387 e. The highest BCUT2D eigenvalue weighted by Gasteiger charge is 2.23. The summed E-state index contributed by atoms with van der Waals surface area (Å²) in [5, 5.41) is 8.06. The first kappa shape index (κ1) is 13.4. The summed E-state index contributed by atoms with van der Waals surface area (Å²) in [6, 6.07) is 8.65. The molecule has 1 aromatic rings. The van der Waals surface area contributed by atoms with Crippen molar-refractivity contribution in [1.82, 2.24) is 4.90 Å². The Morgan fingerprint density at radius 2 is 2.28 bits per heavy atom. The van der Waals surface area contributed by atoms with Crippen molar-refractivity contribution in [3.63, 3.8) is 0 Å². The predicted octanol–water partition coefficient (Wildman–Crippen LogP) is 2.21. The number of nitrogens with zero attached hydrogens (tertiary/aromatic N) is 1. The fraction of sp³-hybridized carbons (Fsp3) is 0.500. The molecular formula is C14H21N3S. The molecule has 0 aliphatic carbocycles. The maximum absolute atomic E-state index is 7.43. The molecule has 2 atom stereocenters. The van der Waals surface area contributed by atoms with E-state index in [1.54, 1.807) is 0 Å². The van der Waals surface area contributed by atoms with Crippen molar-refractivity contribution < 1.29 is 0 Å². The molecule has 1 aromatic carbocycles. The van der Waals surface area contributed by atoms with Crippen LogP contribution in [0.1, 0.15) is 12.5 Å². The lowest BCUT2D eigenvalue weighted by atomic mass is 10.1. The first-order valence-electron chi connectivity index (χ1n) is 6.33. The molecule has 0 fully saturated rings. The van der Waals surface area contributed by atoms with Crippen LogP contribution in [0.2, 0.25) is 0 Å². The van der Waals surface area contributed by atoms with Crippen LogP contribution in [0.15, 0.2) is 29.2 Å². The normalized spacial score (nSPS) is 19.8. The van der Waals surface area contributed by atoms with Crippen molar-refractivity contribution in [3.05, 3.63) is 29.8 Å². The molecule has 2 unspecified atom stereocenters. The van der Waals surface area contributed by atoms with E-state index in [-0.39, 0.29) is 11.8 Å². The molecule has 1 heterocycles. The van der Waals surface area contributed by atoms with E-state index in [4.69, 9.17) is 11.1 Å². The number of benzene rings is 1. The van der Waals surface area contributed by atoms with E-state index in [2.05, 4.69) is 36.2 Å². The molecule has 1 aliphatic heterocycles. The van der Waals surface area contributed by atoms with E-state index in [1.807, 2.05) is 18.7 Å². The van der Waals surface area contributed by atoms with E-state index >= 15 is 0 Å². The summed E-state index contributed by atoms with van der Waals surface area (Å²) in [5.74, 6) is 0.424. The van der Waals surface area contributed by atoms with Crippen molar-refractivity contribution in [3.8, 4) is 0 Å². The van der Waals surface area contributed by atoms with Crippen molar-refractivity contribution in [2.45, 2.75) is 23.5 Å². The molecular weight excluding hydrogens is 242 g/mol. The van der Waals surface area contributed by atoms with Gasteiger partial charge in [0.15, 0.2) is 0 Å². The smallest absolute Gasteiger partial charge is 0.0947 e. The number of nitrogens with one attached hydrogen (secondary N) is 1. The van der Waals surface area contributed by atoms with Gasteiger partial charge in [-0.15, -0.1) is 11.8 Å². The minimum Gasteiger partial charge on any atom is -0.387 e. The van der Waals surface area contributed by atoms with Crippen molar-refractivity contribution in [2.75, 3.05) is 20.1 Å². The molecule has 0 amide bonds. The second-order valence-electron chi connectivity index (χ2n) is 5.13. The molecule has 3 nitrogen and oxygen atoms in total. The second-order valence-corrected chi connectivity index (χ2v) is 6.47. The quantitative estimate of drug-likeness (QED) is 0.632. The van der Waals surface area contributed by atoms with Crippen LogP contribution in [-0.4, -0.2) is 36.1 Å². The third kappa shape index (κ3) is 3.27. The highest BCUT2D eigenvalue weighted by molar-refractivity contribution is 8.00. The van der Waals surface area contributed by atoms with Crippen LogP contribution >= 0.6 is 11.8 Å². The van der Waals surface area contributed by atoms with Crippen LogP contribution < -0.4 is 5.73 Å². The Labute approximate surface area is 113 Å². The van der Waals surface area contributed by atoms with Gasteiger partial charge in [0.2, 0.25) is 0 Å². The maximum atomic E-state index is 7.43. The fourth-order valence-electron chi connectivity index (χ4n) is 2.34. The summed E-state index contributed by atoms with van der Waals surface area (Å²) in [4.78, 5) is 3.71. The molecule has 98 valence electrons. The molecule has 18 heavy (non-hydrogen) atoms. The zero-order valence-corrected chi connectivity index (χ0v) is 11.8. The van der Waals surface area contributed by atoms with Gasteiger partial charge in [-0.1, -0.05) is 25.1 Å². The van der Waals surface area contributed by atoms with Gasteiger partial charge in [-0.2, -0.15) is 0 Å². The highest BCUT2D eigenvalue weighted by Crippen LogP contribution is 2.36. The molecule has 2 rings (SSSR count). The van der Waals surface area contributed by atoms with Crippen molar-refractivity contribution in [1.29, 1.82) is 5.41 Å². The van der Waals surface area contributed by atoms with Gasteiger partial charge in [0, 0.05) is 29.2 Å². The molecule has 0 bridgehead atoms. The third-order valence-corrected chi connectivity index (χ3v) is 4.65. The number of hydrogen-bond donors (Lipinski definition) is 2. The lowest BCUT2D eigenvalue weighted by Gasteiger charge is -2.23. The van der Waals surface area contributed by atoms with E-state index in [9.17, 15) is 0 Å². The van der Waals surface area contributed by atoms with Gasteiger partial charge in [-0.05, 0) is 25.1 Å². The zero-order chi connectivity index (χ0) is 13.1. The fourth-order valence-corrected chi connectivity index (χ4v) is 3.75. The van der Waals surface area contributed by atoms with E-state index in [1.165, 1.54) is 10.5 Å². The number of hydrogen-bond acceptors (Lipinski definition) is 3. The molecule has 3 N–H and O–H groups in total. The average molecular weight is 263 g/mol. The van der Waals surface area contributed by atoms with Gasteiger partial charge in [-0.25, -0.2) is 0 Å². The van der Waals surface area contributed by atoms with Crippen LogP contribution in [0.25, 0.3) is 0 Å². The monoisotopic (exact) mass is 263 g/mol. The van der Waals surface area contributed by atoms with Crippen LogP contribution in [0, 0.1) is 11.3 Å². The zero-order valence-electron chi connectivity index (χ0n) is 11.0. The highest BCUT2D eigenvalue weighted by atomic mass is 32.2. The molecule has 1 aliphatic rings. The topological polar surface area (TPSA) is 53.1 Å². The Morgan fingerprint density at radius 1 is 1.56 bits per heavy atom. The number of nitrogens with two attached hydrogens (primary N) is 1. The minimum atomic E-state index is 0.142. The Kier molecular flexibility index (Phi) is 4.30. The summed E-state index contributed by atoms with van der Waals surface area (Å²) in [6.07, 6.45) is 1.15. The summed E-state index contributed by atoms with van der Waals surface area (Å²) in [7, 11) is 2.11. The van der Waals surface area contributed by atoms with E-state index < -0.39 is 0 Å². The predicted molar refractivity (Wildman–Crippen MR) is 78.4 cm³/mol. The maximum Gasteiger partial charge on any atom is 0.0947 e. The summed E-state index contributed by atoms with van der Waals surface area (Å²) in [5.41, 5.74) is 6.99. The van der Waals surface area contributed by atoms with Crippen LogP contribution in [-0.2, 0) is 6.42 Å². The number of fused-ring (bicyclic) bond motifs is 1. The molecule has 4 heteroatoms. The number of thioether (sulfide) groups is 1. The molecule has 0 saturated heterocycles. The minimum absolute atomic E-state index is 0.142. The first-order valence-corrected chi connectivity index (χ1v) is 7.21. The van der Waals surface area contributed by atoms with Gasteiger partial charge in [0.1, 0.15) is 0 Å². The van der Waals surface area contributed by atoms with Crippen molar-refractivity contribution in [2.24, 2.45) is 11.7 Å². The summed E-state index contributed by atoms with van der Waals surface area (Å²) >= 11 is 1.97. The second kappa shape index (κ2) is 5.76. The molecule has 0 spiro atoms. The summed E-state index contributed by atoms with van der Waals surface area (Å²) < 4.78 is 0. The SMILES string of the molecule is CC(CN(C)CC1Cc2ccccc2S1)C(=N)N. The Morgan fingerprint density at radius 3 is 2.94 bits per heavy atom. The third-order valence-electron chi connectivity index (χ3n) is 3.35. The Hall–Kier alpha value is -1.00. The Bertz CT molecular complexity index is 408.